The summed E-state index contributed by atoms with van der Waals surface area (Å²) in [6.07, 6.45) is 5.16. The smallest absolute Gasteiger partial charge is 0.270 e. The van der Waals surface area contributed by atoms with E-state index in [9.17, 15) is 4.79 Å². The Balaban J connectivity index is 1.18. The van der Waals surface area contributed by atoms with E-state index in [1.165, 1.54) is 25.1 Å². The van der Waals surface area contributed by atoms with Crippen molar-refractivity contribution in [2.24, 2.45) is 22.7 Å². The quantitative estimate of drug-likeness (QED) is 0.573. The number of fused-ring (bicyclic) bond motifs is 2. The molecule has 3 unspecified atom stereocenters. The van der Waals surface area contributed by atoms with Gasteiger partial charge in [-0.1, -0.05) is 34.6 Å². The third kappa shape index (κ3) is 4.70. The minimum Gasteiger partial charge on any atom is -0.369 e. The predicted octanol–water partition coefficient (Wildman–Crippen LogP) is 4.94. The summed E-state index contributed by atoms with van der Waals surface area (Å²) in [4.78, 5) is 27.0. The fourth-order valence-electron chi connectivity index (χ4n) is 6.79. The van der Waals surface area contributed by atoms with Crippen LogP contribution in [-0.4, -0.2) is 59.5 Å². The van der Waals surface area contributed by atoms with Gasteiger partial charge in [-0.15, -0.1) is 0 Å². The lowest BCUT2D eigenvalue weighted by Crippen LogP contribution is -2.47. The molecular formula is C29H42N6O. The van der Waals surface area contributed by atoms with Crippen LogP contribution in [0.3, 0.4) is 0 Å². The number of anilines is 3. The molecule has 0 radical (unpaired) electrons. The average molecular weight is 491 g/mol. The van der Waals surface area contributed by atoms with Gasteiger partial charge in [0.15, 0.2) is 0 Å². The first kappa shape index (κ1) is 25.0. The lowest BCUT2D eigenvalue weighted by atomic mass is 9.69. The van der Waals surface area contributed by atoms with Crippen molar-refractivity contribution >= 4 is 23.2 Å². The van der Waals surface area contributed by atoms with Crippen LogP contribution in [0.15, 0.2) is 36.5 Å². The highest BCUT2D eigenvalue weighted by Crippen LogP contribution is 2.65. The Hall–Kier alpha value is -2.67. The number of aromatic nitrogens is 2. The Morgan fingerprint density at radius 1 is 1.08 bits per heavy atom. The number of hydrogen-bond acceptors (Lipinski definition) is 6. The molecule has 2 N–H and O–H groups in total. The number of nitrogens with one attached hydrogen (secondary N) is 2. The highest BCUT2D eigenvalue weighted by atomic mass is 16.2. The fourth-order valence-corrected chi connectivity index (χ4v) is 6.79. The Morgan fingerprint density at radius 3 is 2.42 bits per heavy atom. The molecule has 7 heteroatoms. The summed E-state index contributed by atoms with van der Waals surface area (Å²) in [7, 11) is 0. The third-order valence-electron chi connectivity index (χ3n) is 9.47. The summed E-state index contributed by atoms with van der Waals surface area (Å²) in [5.74, 6) is 1.73. The van der Waals surface area contributed by atoms with Crippen molar-refractivity contribution in [2.45, 2.75) is 59.9 Å². The molecule has 2 aliphatic carbocycles. The van der Waals surface area contributed by atoms with Gasteiger partial charge in [0.2, 0.25) is 5.95 Å². The normalized spacial score (nSPS) is 27.4. The minimum atomic E-state index is -0.109. The summed E-state index contributed by atoms with van der Waals surface area (Å²) in [6, 6.07) is 10.3. The van der Waals surface area contributed by atoms with Gasteiger partial charge in [-0.3, -0.25) is 9.69 Å². The molecule has 2 heterocycles. The van der Waals surface area contributed by atoms with Gasteiger partial charge in [0, 0.05) is 56.3 Å². The SMILES string of the molecule is CC(C)CN1CCN(c2ccc(Nc3nccc(C(=O)NC4CC5CCC4(C)C5(C)C)n3)cc2)CC1. The molecule has 36 heavy (non-hydrogen) atoms. The highest BCUT2D eigenvalue weighted by molar-refractivity contribution is 5.92. The summed E-state index contributed by atoms with van der Waals surface area (Å²) >= 11 is 0. The standard InChI is InChI=1S/C29H42N6O/c1-20(2)19-34-14-16-35(17-15-34)23-8-6-22(7-9-23)31-27-30-13-11-24(32-27)26(36)33-25-18-21-10-12-29(25,5)28(21,3)4/h6-9,11,13,20-21,25H,10,12,14-19H2,1-5H3,(H,33,36)(H,30,31,32). The van der Waals surface area contributed by atoms with E-state index in [0.29, 0.717) is 23.5 Å². The monoisotopic (exact) mass is 490 g/mol. The van der Waals surface area contributed by atoms with Gasteiger partial charge in [-0.2, -0.15) is 0 Å². The van der Waals surface area contributed by atoms with Crippen molar-refractivity contribution < 1.29 is 4.79 Å². The topological polar surface area (TPSA) is 73.4 Å². The van der Waals surface area contributed by atoms with Crippen LogP contribution in [0.2, 0.25) is 0 Å². The maximum Gasteiger partial charge on any atom is 0.270 e. The molecule has 1 aromatic carbocycles. The molecule has 3 atom stereocenters. The second-order valence-corrected chi connectivity index (χ2v) is 12.3. The molecule has 2 bridgehead atoms. The van der Waals surface area contributed by atoms with Crippen LogP contribution in [0.5, 0.6) is 0 Å². The highest BCUT2D eigenvalue weighted by Gasteiger charge is 2.61. The van der Waals surface area contributed by atoms with Crippen molar-refractivity contribution in [3.8, 4) is 0 Å². The fraction of sp³-hybridized carbons (Fsp3) is 0.621. The van der Waals surface area contributed by atoms with Gasteiger partial charge in [0.25, 0.3) is 5.91 Å². The first-order valence-electron chi connectivity index (χ1n) is 13.6. The molecule has 3 fully saturated rings. The maximum absolute atomic E-state index is 13.1. The second-order valence-electron chi connectivity index (χ2n) is 12.3. The molecule has 1 amide bonds. The molecule has 1 saturated heterocycles. The number of carbonyl (C=O) groups is 1. The third-order valence-corrected chi connectivity index (χ3v) is 9.47. The number of hydrogen-bond donors (Lipinski definition) is 2. The Labute approximate surface area is 216 Å². The number of piperazine rings is 1. The molecule has 2 saturated carbocycles. The molecule has 1 aliphatic heterocycles. The van der Waals surface area contributed by atoms with E-state index in [1.807, 2.05) is 0 Å². The van der Waals surface area contributed by atoms with E-state index in [1.54, 1.807) is 12.3 Å². The summed E-state index contributed by atoms with van der Waals surface area (Å²) in [6.45, 7) is 17.1. The van der Waals surface area contributed by atoms with Crippen LogP contribution in [0.25, 0.3) is 0 Å². The lowest BCUT2D eigenvalue weighted by molar-refractivity contribution is 0.0821. The molecule has 3 aliphatic rings. The zero-order valence-corrected chi connectivity index (χ0v) is 22.6. The first-order chi connectivity index (χ1) is 17.2. The molecule has 1 aromatic heterocycles. The van der Waals surface area contributed by atoms with E-state index in [4.69, 9.17) is 0 Å². The number of amides is 1. The van der Waals surface area contributed by atoms with Crippen molar-refractivity contribution in [1.82, 2.24) is 20.2 Å². The number of nitrogens with zero attached hydrogens (tertiary/aromatic N) is 4. The largest absolute Gasteiger partial charge is 0.369 e. The van der Waals surface area contributed by atoms with Gasteiger partial charge in [0.05, 0.1) is 0 Å². The summed E-state index contributed by atoms with van der Waals surface area (Å²) < 4.78 is 0. The minimum absolute atomic E-state index is 0.109. The summed E-state index contributed by atoms with van der Waals surface area (Å²) in [5, 5.41) is 6.58. The van der Waals surface area contributed by atoms with E-state index in [-0.39, 0.29) is 22.8 Å². The molecular weight excluding hydrogens is 448 g/mol. The van der Waals surface area contributed by atoms with Gasteiger partial charge >= 0.3 is 0 Å². The van der Waals surface area contributed by atoms with Gasteiger partial charge in [0.1, 0.15) is 5.69 Å². The van der Waals surface area contributed by atoms with Crippen LogP contribution in [0.1, 0.15) is 64.4 Å². The van der Waals surface area contributed by atoms with Crippen LogP contribution >= 0.6 is 0 Å². The number of benzene rings is 1. The predicted molar refractivity (Wildman–Crippen MR) is 146 cm³/mol. The molecule has 2 aromatic rings. The average Bonchev–Trinajstić information content (AvgIpc) is 3.18. The Bertz CT molecular complexity index is 1080. The molecule has 0 spiro atoms. The maximum atomic E-state index is 13.1. The van der Waals surface area contributed by atoms with E-state index in [0.717, 1.165) is 38.3 Å². The lowest BCUT2D eigenvalue weighted by Gasteiger charge is -2.39. The molecule has 5 rings (SSSR count). The molecule has 194 valence electrons. The molecule has 7 nitrogen and oxygen atoms in total. The zero-order valence-electron chi connectivity index (χ0n) is 22.6. The van der Waals surface area contributed by atoms with E-state index in [2.05, 4.69) is 89.3 Å². The van der Waals surface area contributed by atoms with Crippen molar-refractivity contribution in [1.29, 1.82) is 0 Å². The first-order valence-corrected chi connectivity index (χ1v) is 13.6. The van der Waals surface area contributed by atoms with E-state index >= 15 is 0 Å². The van der Waals surface area contributed by atoms with E-state index < -0.39 is 0 Å². The zero-order chi connectivity index (χ0) is 25.5. The van der Waals surface area contributed by atoms with Crippen LogP contribution < -0.4 is 15.5 Å². The van der Waals surface area contributed by atoms with Crippen molar-refractivity contribution in [3.63, 3.8) is 0 Å². The van der Waals surface area contributed by atoms with Gasteiger partial charge < -0.3 is 15.5 Å². The van der Waals surface area contributed by atoms with Crippen molar-refractivity contribution in [3.05, 3.63) is 42.2 Å². The Morgan fingerprint density at radius 2 is 1.81 bits per heavy atom. The number of carbonyl (C=O) groups excluding carboxylic acids is 1. The van der Waals surface area contributed by atoms with Crippen LogP contribution in [0.4, 0.5) is 17.3 Å². The van der Waals surface area contributed by atoms with Crippen LogP contribution in [0, 0.1) is 22.7 Å². The van der Waals surface area contributed by atoms with Crippen LogP contribution in [-0.2, 0) is 0 Å². The van der Waals surface area contributed by atoms with Gasteiger partial charge in [-0.25, -0.2) is 9.97 Å². The summed E-state index contributed by atoms with van der Waals surface area (Å²) in [5.41, 5.74) is 2.97. The van der Waals surface area contributed by atoms with Crippen molar-refractivity contribution in [2.75, 3.05) is 42.9 Å². The Kier molecular flexibility index (Phi) is 6.70. The van der Waals surface area contributed by atoms with Gasteiger partial charge in [-0.05, 0) is 72.3 Å². The second kappa shape index (κ2) is 9.66. The number of rotatable bonds is 7.